The first kappa shape index (κ1) is 17.5. The minimum absolute atomic E-state index is 0.0174. The molecule has 0 radical (unpaired) electrons. The molecule has 0 bridgehead atoms. The summed E-state index contributed by atoms with van der Waals surface area (Å²) in [6.07, 6.45) is 1.59. The van der Waals surface area contributed by atoms with Gasteiger partial charge in [-0.15, -0.1) is 0 Å². The van der Waals surface area contributed by atoms with Crippen LogP contribution in [0.1, 0.15) is 35.6 Å². The minimum Gasteiger partial charge on any atom is -0.364 e. The van der Waals surface area contributed by atoms with Gasteiger partial charge in [-0.25, -0.2) is 4.79 Å². The van der Waals surface area contributed by atoms with Gasteiger partial charge in [0.1, 0.15) is 6.26 Å². The summed E-state index contributed by atoms with van der Waals surface area (Å²) in [7, 11) is 1.93. The van der Waals surface area contributed by atoms with Crippen LogP contribution in [0, 0.1) is 13.8 Å². The van der Waals surface area contributed by atoms with Crippen molar-refractivity contribution in [3.63, 3.8) is 0 Å². The predicted molar refractivity (Wildman–Crippen MR) is 93.0 cm³/mol. The molecule has 0 saturated carbocycles. The fraction of sp³-hybridized carbons (Fsp3) is 0.588. The molecule has 2 amide bonds. The lowest BCUT2D eigenvalue weighted by Crippen LogP contribution is -2.51. The third kappa shape index (κ3) is 3.84. The molecule has 25 heavy (non-hydrogen) atoms. The normalized spacial score (nSPS) is 16.9. The first-order valence-electron chi connectivity index (χ1n) is 8.63. The van der Waals surface area contributed by atoms with Gasteiger partial charge in [0.25, 0.3) is 0 Å². The van der Waals surface area contributed by atoms with Gasteiger partial charge in [0, 0.05) is 57.1 Å². The lowest BCUT2D eigenvalue weighted by Gasteiger charge is -2.34. The molecule has 1 fully saturated rings. The van der Waals surface area contributed by atoms with Crippen molar-refractivity contribution >= 4 is 6.03 Å². The monoisotopic (exact) mass is 346 g/mol. The van der Waals surface area contributed by atoms with Crippen LogP contribution in [0.25, 0.3) is 0 Å². The average molecular weight is 346 g/mol. The zero-order valence-electron chi connectivity index (χ0n) is 15.3. The van der Waals surface area contributed by atoms with E-state index in [-0.39, 0.29) is 12.1 Å². The standard InChI is InChI=1S/C17H26N6O2/c1-12(16-13(2)19-21(4)14(16)3)18-17(24)23-8-6-22(7-9-23)11-15-5-10-25-20-15/h5,10,12H,6-9,11H2,1-4H3,(H,18,24). The van der Waals surface area contributed by atoms with Crippen molar-refractivity contribution in [3.8, 4) is 0 Å². The number of urea groups is 1. The molecule has 1 atom stereocenters. The Labute approximate surface area is 147 Å². The minimum atomic E-state index is -0.0608. The molecule has 1 aliphatic heterocycles. The third-order valence-electron chi connectivity index (χ3n) is 4.87. The molecule has 0 aliphatic carbocycles. The first-order valence-corrected chi connectivity index (χ1v) is 8.63. The van der Waals surface area contributed by atoms with Gasteiger partial charge in [0.05, 0.1) is 17.4 Å². The van der Waals surface area contributed by atoms with Crippen LogP contribution in [0.15, 0.2) is 16.9 Å². The summed E-state index contributed by atoms with van der Waals surface area (Å²) in [6.45, 7) is 9.86. The number of amides is 2. The van der Waals surface area contributed by atoms with Crippen LogP contribution >= 0.6 is 0 Å². The van der Waals surface area contributed by atoms with E-state index in [1.54, 1.807) is 6.26 Å². The maximum Gasteiger partial charge on any atom is 0.317 e. The zero-order valence-corrected chi connectivity index (χ0v) is 15.3. The lowest BCUT2D eigenvalue weighted by molar-refractivity contribution is 0.132. The molecule has 0 aromatic carbocycles. The van der Waals surface area contributed by atoms with Gasteiger partial charge in [-0.05, 0) is 20.8 Å². The van der Waals surface area contributed by atoms with E-state index < -0.39 is 0 Å². The smallest absolute Gasteiger partial charge is 0.317 e. The van der Waals surface area contributed by atoms with Gasteiger partial charge in [-0.1, -0.05) is 5.16 Å². The number of carbonyl (C=O) groups is 1. The van der Waals surface area contributed by atoms with Crippen LogP contribution in [-0.4, -0.2) is 56.9 Å². The topological polar surface area (TPSA) is 79.4 Å². The molecule has 1 N–H and O–H groups in total. The second-order valence-corrected chi connectivity index (χ2v) is 6.63. The van der Waals surface area contributed by atoms with Crippen LogP contribution in [0.3, 0.4) is 0 Å². The van der Waals surface area contributed by atoms with E-state index in [0.29, 0.717) is 13.1 Å². The van der Waals surface area contributed by atoms with E-state index in [2.05, 4.69) is 20.5 Å². The van der Waals surface area contributed by atoms with Gasteiger partial charge in [0.2, 0.25) is 0 Å². The highest BCUT2D eigenvalue weighted by Gasteiger charge is 2.24. The summed E-state index contributed by atoms with van der Waals surface area (Å²) < 4.78 is 6.72. The Kier molecular flexibility index (Phi) is 5.08. The van der Waals surface area contributed by atoms with E-state index in [4.69, 9.17) is 4.52 Å². The van der Waals surface area contributed by atoms with Crippen molar-refractivity contribution in [3.05, 3.63) is 35.0 Å². The zero-order chi connectivity index (χ0) is 18.0. The quantitative estimate of drug-likeness (QED) is 0.910. The molecule has 0 spiro atoms. The Morgan fingerprint density at radius 2 is 2.04 bits per heavy atom. The summed E-state index contributed by atoms with van der Waals surface area (Å²) in [5.41, 5.74) is 4.07. The van der Waals surface area contributed by atoms with Crippen molar-refractivity contribution in [2.24, 2.45) is 7.05 Å². The number of hydrogen-bond acceptors (Lipinski definition) is 5. The van der Waals surface area contributed by atoms with Crippen molar-refractivity contribution < 1.29 is 9.32 Å². The molecular weight excluding hydrogens is 320 g/mol. The average Bonchev–Trinajstić information content (AvgIpc) is 3.16. The molecule has 2 aromatic heterocycles. The summed E-state index contributed by atoms with van der Waals surface area (Å²) in [5, 5.41) is 11.5. The lowest BCUT2D eigenvalue weighted by atomic mass is 10.1. The number of nitrogens with one attached hydrogen (secondary N) is 1. The SMILES string of the molecule is Cc1nn(C)c(C)c1C(C)NC(=O)N1CCN(Cc2ccon2)CC1. The summed E-state index contributed by atoms with van der Waals surface area (Å²) in [6, 6.07) is 1.80. The van der Waals surface area contributed by atoms with Crippen molar-refractivity contribution in [1.82, 2.24) is 30.1 Å². The molecule has 8 heteroatoms. The van der Waals surface area contributed by atoms with Gasteiger partial charge >= 0.3 is 6.03 Å². The molecule has 1 saturated heterocycles. The van der Waals surface area contributed by atoms with E-state index in [9.17, 15) is 4.79 Å². The van der Waals surface area contributed by atoms with Crippen LogP contribution in [0.4, 0.5) is 4.79 Å². The van der Waals surface area contributed by atoms with E-state index in [0.717, 1.165) is 42.3 Å². The largest absolute Gasteiger partial charge is 0.364 e. The van der Waals surface area contributed by atoms with Gasteiger partial charge in [-0.3, -0.25) is 9.58 Å². The number of aryl methyl sites for hydroxylation is 2. The second-order valence-electron chi connectivity index (χ2n) is 6.63. The summed E-state index contributed by atoms with van der Waals surface area (Å²) in [4.78, 5) is 16.7. The Bertz CT molecular complexity index is 716. The van der Waals surface area contributed by atoms with E-state index in [1.165, 1.54) is 0 Å². The number of hydrogen-bond donors (Lipinski definition) is 1. The number of nitrogens with zero attached hydrogens (tertiary/aromatic N) is 5. The van der Waals surface area contributed by atoms with Gasteiger partial charge in [0.15, 0.2) is 0 Å². The highest BCUT2D eigenvalue weighted by molar-refractivity contribution is 5.75. The molecule has 3 rings (SSSR count). The summed E-state index contributed by atoms with van der Waals surface area (Å²) in [5.74, 6) is 0. The van der Waals surface area contributed by atoms with Gasteiger partial charge in [-0.2, -0.15) is 5.10 Å². The fourth-order valence-corrected chi connectivity index (χ4v) is 3.42. The number of rotatable bonds is 4. The van der Waals surface area contributed by atoms with Gasteiger partial charge < -0.3 is 14.7 Å². The molecule has 8 nitrogen and oxygen atoms in total. The predicted octanol–water partition coefficient (Wildman–Crippen LogP) is 1.61. The van der Waals surface area contributed by atoms with E-state index >= 15 is 0 Å². The third-order valence-corrected chi connectivity index (χ3v) is 4.87. The molecule has 1 unspecified atom stereocenters. The second kappa shape index (κ2) is 7.26. The molecule has 136 valence electrons. The maximum atomic E-state index is 12.6. The van der Waals surface area contributed by atoms with Crippen molar-refractivity contribution in [1.29, 1.82) is 0 Å². The molecule has 1 aliphatic rings. The van der Waals surface area contributed by atoms with Crippen LogP contribution in [0.2, 0.25) is 0 Å². The number of piperazine rings is 1. The Balaban J connectivity index is 1.52. The molecule has 2 aromatic rings. The highest BCUT2D eigenvalue weighted by Crippen LogP contribution is 2.21. The maximum absolute atomic E-state index is 12.6. The van der Waals surface area contributed by atoms with Crippen molar-refractivity contribution in [2.45, 2.75) is 33.4 Å². The molecular formula is C17H26N6O2. The first-order chi connectivity index (χ1) is 12.0. The van der Waals surface area contributed by atoms with Crippen LogP contribution in [0.5, 0.6) is 0 Å². The Morgan fingerprint density at radius 1 is 1.32 bits per heavy atom. The summed E-state index contributed by atoms with van der Waals surface area (Å²) >= 11 is 0. The highest BCUT2D eigenvalue weighted by atomic mass is 16.5. The van der Waals surface area contributed by atoms with Crippen LogP contribution < -0.4 is 5.32 Å². The van der Waals surface area contributed by atoms with Crippen molar-refractivity contribution in [2.75, 3.05) is 26.2 Å². The van der Waals surface area contributed by atoms with E-state index in [1.807, 2.05) is 43.5 Å². The molecule has 3 heterocycles. The Morgan fingerprint density at radius 3 is 2.60 bits per heavy atom. The number of aromatic nitrogens is 3. The Hall–Kier alpha value is -2.35. The number of carbonyl (C=O) groups excluding carboxylic acids is 1. The fourth-order valence-electron chi connectivity index (χ4n) is 3.42. The van der Waals surface area contributed by atoms with Crippen LogP contribution in [-0.2, 0) is 13.6 Å².